The number of sulfonamides is 1. The minimum Gasteiger partial charge on any atom is -0.323 e. The molecular formula is C10H14N4O4S2. The molecule has 4 N–H and O–H groups in total. The number of nitro benzene ring substituents is 1. The zero-order valence-electron chi connectivity index (χ0n) is 10.4. The Balaban J connectivity index is 2.32. The van der Waals surface area contributed by atoms with E-state index in [0.717, 1.165) is 30.1 Å². The molecule has 110 valence electrons. The fourth-order valence-electron chi connectivity index (χ4n) is 1.89. The van der Waals surface area contributed by atoms with Gasteiger partial charge in [-0.25, -0.2) is 13.1 Å². The summed E-state index contributed by atoms with van der Waals surface area (Å²) >= 11 is 1.68. The highest BCUT2D eigenvalue weighted by Gasteiger charge is 2.26. The Kier molecular flexibility index (Phi) is 4.48. The van der Waals surface area contributed by atoms with Crippen molar-refractivity contribution in [2.75, 3.05) is 16.9 Å². The van der Waals surface area contributed by atoms with Gasteiger partial charge in [0.2, 0.25) is 10.0 Å². The molecule has 2 rings (SSSR count). The number of benzene rings is 1. The Hall–Kier alpha value is -1.36. The molecule has 0 bridgehead atoms. The standard InChI is InChI=1S/C10H14N4O4S2/c11-12-9-5-8(14(15)16)1-2-10(9)20(17,18)13-7-3-4-19-6-7/h1-2,5,7,12-13H,3-4,6,11H2. The maximum Gasteiger partial charge on any atom is 0.271 e. The number of nitrogens with one attached hydrogen (secondary N) is 2. The van der Waals surface area contributed by atoms with Crippen LogP contribution in [0.15, 0.2) is 23.1 Å². The van der Waals surface area contributed by atoms with E-state index in [1.807, 2.05) is 0 Å². The predicted molar refractivity (Wildman–Crippen MR) is 77.0 cm³/mol. The summed E-state index contributed by atoms with van der Waals surface area (Å²) in [4.78, 5) is 9.97. The summed E-state index contributed by atoms with van der Waals surface area (Å²) in [5.74, 6) is 6.89. The van der Waals surface area contributed by atoms with Crippen LogP contribution in [0.4, 0.5) is 11.4 Å². The van der Waals surface area contributed by atoms with Crippen molar-refractivity contribution in [1.82, 2.24) is 4.72 Å². The summed E-state index contributed by atoms with van der Waals surface area (Å²) in [6, 6.07) is 3.29. The smallest absolute Gasteiger partial charge is 0.271 e. The highest BCUT2D eigenvalue weighted by atomic mass is 32.2. The predicted octanol–water partition coefficient (Wildman–Crippen LogP) is 0.664. The second-order valence-corrected chi connectivity index (χ2v) is 7.10. The van der Waals surface area contributed by atoms with Crippen molar-refractivity contribution in [3.63, 3.8) is 0 Å². The third-order valence-corrected chi connectivity index (χ3v) is 5.61. The molecule has 0 spiro atoms. The molecule has 1 heterocycles. The molecule has 8 nitrogen and oxygen atoms in total. The Morgan fingerprint density at radius 1 is 1.45 bits per heavy atom. The number of non-ortho nitro benzene ring substituents is 1. The van der Waals surface area contributed by atoms with Gasteiger partial charge in [0, 0.05) is 23.9 Å². The lowest BCUT2D eigenvalue weighted by Crippen LogP contribution is -2.35. The largest absolute Gasteiger partial charge is 0.323 e. The van der Waals surface area contributed by atoms with Crippen molar-refractivity contribution in [3.05, 3.63) is 28.3 Å². The van der Waals surface area contributed by atoms with Gasteiger partial charge in [-0.1, -0.05) is 0 Å². The van der Waals surface area contributed by atoms with Gasteiger partial charge in [0.25, 0.3) is 5.69 Å². The first-order valence-corrected chi connectivity index (χ1v) is 8.43. The van der Waals surface area contributed by atoms with Crippen LogP contribution < -0.4 is 16.0 Å². The minimum absolute atomic E-state index is 0.00245. The molecular weight excluding hydrogens is 304 g/mol. The molecule has 0 amide bonds. The van der Waals surface area contributed by atoms with Crippen LogP contribution in [0.5, 0.6) is 0 Å². The number of nitrogen functional groups attached to an aromatic ring is 1. The maximum absolute atomic E-state index is 12.3. The van der Waals surface area contributed by atoms with Gasteiger partial charge in [-0.05, 0) is 18.2 Å². The Morgan fingerprint density at radius 3 is 2.75 bits per heavy atom. The topological polar surface area (TPSA) is 127 Å². The fraction of sp³-hybridized carbons (Fsp3) is 0.400. The number of nitrogens with zero attached hydrogens (tertiary/aromatic N) is 1. The molecule has 1 saturated heterocycles. The average molecular weight is 318 g/mol. The number of rotatable bonds is 5. The number of nitrogens with two attached hydrogens (primary N) is 1. The third kappa shape index (κ3) is 3.20. The highest BCUT2D eigenvalue weighted by Crippen LogP contribution is 2.27. The number of hydrazine groups is 1. The maximum atomic E-state index is 12.3. The SMILES string of the molecule is NNc1cc([N+](=O)[O-])ccc1S(=O)(=O)NC1CCSC1. The average Bonchev–Trinajstić information content (AvgIpc) is 2.89. The number of thioether (sulfide) groups is 1. The first kappa shape index (κ1) is 15.0. The lowest BCUT2D eigenvalue weighted by Gasteiger charge is -2.14. The van der Waals surface area contributed by atoms with Crippen molar-refractivity contribution in [3.8, 4) is 0 Å². The van der Waals surface area contributed by atoms with Crippen molar-refractivity contribution in [2.45, 2.75) is 17.4 Å². The van der Waals surface area contributed by atoms with Gasteiger partial charge >= 0.3 is 0 Å². The quantitative estimate of drug-likeness (QED) is 0.413. The van der Waals surface area contributed by atoms with Crippen LogP contribution >= 0.6 is 11.8 Å². The molecule has 1 aliphatic rings. The molecule has 10 heteroatoms. The monoisotopic (exact) mass is 318 g/mol. The summed E-state index contributed by atoms with van der Waals surface area (Å²) in [5, 5.41) is 10.7. The van der Waals surface area contributed by atoms with Crippen LogP contribution in [0.1, 0.15) is 6.42 Å². The van der Waals surface area contributed by atoms with Crippen molar-refractivity contribution in [1.29, 1.82) is 0 Å². The van der Waals surface area contributed by atoms with Crippen LogP contribution in [0.2, 0.25) is 0 Å². The number of hydrogen-bond acceptors (Lipinski definition) is 7. The molecule has 1 fully saturated rings. The number of anilines is 1. The fourth-order valence-corrected chi connectivity index (χ4v) is 4.57. The van der Waals surface area contributed by atoms with Crippen molar-refractivity contribution < 1.29 is 13.3 Å². The van der Waals surface area contributed by atoms with E-state index in [4.69, 9.17) is 5.84 Å². The molecule has 1 unspecified atom stereocenters. The minimum atomic E-state index is -3.76. The second kappa shape index (κ2) is 5.95. The third-order valence-electron chi connectivity index (χ3n) is 2.87. The number of nitro groups is 1. The molecule has 0 aliphatic carbocycles. The van der Waals surface area contributed by atoms with E-state index in [9.17, 15) is 18.5 Å². The molecule has 1 aromatic rings. The van der Waals surface area contributed by atoms with Crippen LogP contribution in [-0.2, 0) is 10.0 Å². The van der Waals surface area contributed by atoms with E-state index in [0.29, 0.717) is 0 Å². The van der Waals surface area contributed by atoms with Crippen LogP contribution in [0.25, 0.3) is 0 Å². The van der Waals surface area contributed by atoms with E-state index in [-0.39, 0.29) is 22.3 Å². The zero-order chi connectivity index (χ0) is 14.8. The lowest BCUT2D eigenvalue weighted by molar-refractivity contribution is -0.384. The van der Waals surface area contributed by atoms with Gasteiger partial charge in [-0.3, -0.25) is 16.0 Å². The van der Waals surface area contributed by atoms with E-state index < -0.39 is 14.9 Å². The molecule has 1 aliphatic heterocycles. The summed E-state index contributed by atoms with van der Waals surface area (Å²) in [5.41, 5.74) is 1.96. The van der Waals surface area contributed by atoms with Gasteiger partial charge < -0.3 is 5.43 Å². The second-order valence-electron chi connectivity index (χ2n) is 4.26. The normalized spacial score (nSPS) is 18.9. The zero-order valence-corrected chi connectivity index (χ0v) is 12.0. The Labute approximate surface area is 120 Å². The van der Waals surface area contributed by atoms with Gasteiger partial charge in [0.05, 0.1) is 10.6 Å². The highest BCUT2D eigenvalue weighted by molar-refractivity contribution is 7.99. The van der Waals surface area contributed by atoms with E-state index in [2.05, 4.69) is 10.1 Å². The molecule has 1 aromatic carbocycles. The first-order valence-electron chi connectivity index (χ1n) is 5.79. The van der Waals surface area contributed by atoms with Gasteiger partial charge in [-0.15, -0.1) is 0 Å². The van der Waals surface area contributed by atoms with Crippen LogP contribution in [0, 0.1) is 10.1 Å². The van der Waals surface area contributed by atoms with Crippen molar-refractivity contribution in [2.24, 2.45) is 5.84 Å². The Morgan fingerprint density at radius 2 is 2.20 bits per heavy atom. The van der Waals surface area contributed by atoms with E-state index in [1.54, 1.807) is 11.8 Å². The van der Waals surface area contributed by atoms with Gasteiger partial charge in [-0.2, -0.15) is 11.8 Å². The summed E-state index contributed by atoms with van der Waals surface area (Å²) < 4.78 is 27.1. The van der Waals surface area contributed by atoms with Crippen LogP contribution in [-0.4, -0.2) is 30.9 Å². The molecule has 1 atom stereocenters. The molecule has 20 heavy (non-hydrogen) atoms. The van der Waals surface area contributed by atoms with E-state index >= 15 is 0 Å². The molecule has 0 saturated carbocycles. The first-order chi connectivity index (χ1) is 9.44. The summed E-state index contributed by atoms with van der Waals surface area (Å²) in [6.45, 7) is 0. The molecule has 0 radical (unpaired) electrons. The van der Waals surface area contributed by atoms with Gasteiger partial charge in [0.1, 0.15) is 4.90 Å². The number of hydrogen-bond donors (Lipinski definition) is 3. The van der Waals surface area contributed by atoms with Crippen LogP contribution in [0.3, 0.4) is 0 Å². The Bertz CT molecular complexity index is 614. The van der Waals surface area contributed by atoms with E-state index in [1.165, 1.54) is 6.07 Å². The molecule has 0 aromatic heterocycles. The van der Waals surface area contributed by atoms with Gasteiger partial charge in [0.15, 0.2) is 0 Å². The van der Waals surface area contributed by atoms with Crippen molar-refractivity contribution >= 4 is 33.2 Å². The summed E-state index contributed by atoms with van der Waals surface area (Å²) in [6.07, 6.45) is 0.766. The summed E-state index contributed by atoms with van der Waals surface area (Å²) in [7, 11) is -3.76. The lowest BCUT2D eigenvalue weighted by atomic mass is 10.3.